The van der Waals surface area contributed by atoms with Gasteiger partial charge in [-0.3, -0.25) is 20.0 Å². The van der Waals surface area contributed by atoms with Crippen LogP contribution in [-0.4, -0.2) is 52.7 Å². The number of carbonyl (C=O) groups excluding carboxylic acids is 2. The molecule has 3 N–H and O–H groups in total. The maximum atomic E-state index is 11.8. The van der Waals surface area contributed by atoms with E-state index in [4.69, 9.17) is 19.9 Å². The van der Waals surface area contributed by atoms with Crippen LogP contribution in [0.15, 0.2) is 0 Å². The third kappa shape index (κ3) is 14.2. The molecule has 1 amide bonds. The van der Waals surface area contributed by atoms with E-state index in [-0.39, 0.29) is 32.1 Å². The summed E-state index contributed by atoms with van der Waals surface area (Å²) in [6.07, 6.45) is 0.419. The van der Waals surface area contributed by atoms with Gasteiger partial charge in [0.05, 0.1) is 18.0 Å². The van der Waals surface area contributed by atoms with Gasteiger partial charge in [0, 0.05) is 6.42 Å². The molecule has 0 fully saturated rings. The lowest BCUT2D eigenvalue weighted by Gasteiger charge is -2.24. The summed E-state index contributed by atoms with van der Waals surface area (Å²) in [7, 11) is 0. The van der Waals surface area contributed by atoms with Gasteiger partial charge in [0.2, 0.25) is 0 Å². The second-order valence-corrected chi connectivity index (χ2v) is 6.85. The Morgan fingerprint density at radius 2 is 1.83 bits per heavy atom. The van der Waals surface area contributed by atoms with Crippen LogP contribution >= 0.6 is 0 Å². The fourth-order valence-corrected chi connectivity index (χ4v) is 1.84. The Morgan fingerprint density at radius 3 is 2.33 bits per heavy atom. The lowest BCUT2D eigenvalue weighted by molar-refractivity contribution is -0.492. The number of nitrogens with zero attached hydrogens (tertiary/aromatic N) is 1. The number of ether oxygens (including phenoxy) is 2. The molecule has 1 unspecified atom stereocenters. The molecule has 0 saturated heterocycles. The first-order valence-electron chi connectivity index (χ1n) is 7.95. The number of esters is 1. The van der Waals surface area contributed by atoms with Crippen molar-refractivity contribution in [1.82, 2.24) is 10.7 Å². The maximum Gasteiger partial charge on any atom is 0.407 e. The SMILES string of the molecule is CC(C)CC(COC(=O)CCCON(O)O)NC(=O)OC(C)(C)C. The fraction of sp³-hybridized carbons (Fsp3) is 0.867. The molecule has 0 bridgehead atoms. The number of hydrogen-bond acceptors (Lipinski definition) is 8. The van der Waals surface area contributed by atoms with Crippen molar-refractivity contribution in [2.45, 2.75) is 65.5 Å². The third-order valence-corrected chi connectivity index (χ3v) is 2.65. The van der Waals surface area contributed by atoms with E-state index < -0.39 is 23.1 Å². The van der Waals surface area contributed by atoms with E-state index in [0.29, 0.717) is 12.3 Å². The van der Waals surface area contributed by atoms with Gasteiger partial charge in [0.15, 0.2) is 0 Å². The summed E-state index contributed by atoms with van der Waals surface area (Å²) >= 11 is 0. The zero-order valence-electron chi connectivity index (χ0n) is 15.1. The van der Waals surface area contributed by atoms with Gasteiger partial charge in [-0.2, -0.15) is 0 Å². The molecule has 9 heteroatoms. The zero-order chi connectivity index (χ0) is 18.8. The first kappa shape index (κ1) is 22.6. The van der Waals surface area contributed by atoms with E-state index >= 15 is 0 Å². The highest BCUT2D eigenvalue weighted by molar-refractivity contribution is 5.70. The molecule has 0 aromatic rings. The van der Waals surface area contributed by atoms with Crippen molar-refractivity contribution >= 4 is 12.1 Å². The van der Waals surface area contributed by atoms with E-state index in [1.807, 2.05) is 13.8 Å². The van der Waals surface area contributed by atoms with Crippen molar-refractivity contribution in [1.29, 1.82) is 0 Å². The summed E-state index contributed by atoms with van der Waals surface area (Å²) < 4.78 is 10.3. The molecule has 1 atom stereocenters. The predicted octanol–water partition coefficient (Wildman–Crippen LogP) is 2.26. The van der Waals surface area contributed by atoms with Crippen LogP contribution in [0.2, 0.25) is 0 Å². The average molecular weight is 350 g/mol. The highest BCUT2D eigenvalue weighted by Gasteiger charge is 2.21. The zero-order valence-corrected chi connectivity index (χ0v) is 15.1. The number of amides is 1. The molecule has 0 rings (SSSR count). The summed E-state index contributed by atoms with van der Waals surface area (Å²) in [6.45, 7) is 9.32. The van der Waals surface area contributed by atoms with Crippen LogP contribution in [0.25, 0.3) is 0 Å². The first-order chi connectivity index (χ1) is 11.0. The van der Waals surface area contributed by atoms with E-state index in [1.165, 1.54) is 0 Å². The number of nitrogens with one attached hydrogen (secondary N) is 1. The van der Waals surface area contributed by atoms with Gasteiger partial charge in [0.1, 0.15) is 12.2 Å². The number of hydrogen-bond donors (Lipinski definition) is 3. The Kier molecular flexibility index (Phi) is 10.5. The van der Waals surface area contributed by atoms with Gasteiger partial charge in [0.25, 0.3) is 0 Å². The summed E-state index contributed by atoms with van der Waals surface area (Å²) in [5, 5.41) is 19.0. The summed E-state index contributed by atoms with van der Waals surface area (Å²) in [5.41, 5.74) is -0.601. The average Bonchev–Trinajstić information content (AvgIpc) is 2.38. The Balaban J connectivity index is 4.23. The molecule has 0 aliphatic heterocycles. The topological polar surface area (TPSA) is 118 Å². The highest BCUT2D eigenvalue weighted by Crippen LogP contribution is 2.10. The molecule has 0 radical (unpaired) electrons. The Bertz CT molecular complexity index is 381. The molecular weight excluding hydrogens is 320 g/mol. The second-order valence-electron chi connectivity index (χ2n) is 6.85. The lowest BCUT2D eigenvalue weighted by atomic mass is 10.0. The summed E-state index contributed by atoms with van der Waals surface area (Å²) in [5.74, 6) is -0.155. The molecule has 0 heterocycles. The maximum absolute atomic E-state index is 11.8. The van der Waals surface area contributed by atoms with Crippen LogP contribution < -0.4 is 5.32 Å². The molecule has 9 nitrogen and oxygen atoms in total. The standard InChI is InChI=1S/C15H30N2O7/c1-11(2)9-12(16-14(19)24-15(3,4)5)10-22-13(18)7-6-8-23-17(20)21/h11-12,20-21H,6-10H2,1-5H3,(H,16,19). The van der Waals surface area contributed by atoms with E-state index in [9.17, 15) is 9.59 Å². The molecule has 0 aromatic carbocycles. The second kappa shape index (κ2) is 11.2. The smallest absolute Gasteiger partial charge is 0.407 e. The van der Waals surface area contributed by atoms with Gasteiger partial charge in [-0.15, -0.1) is 0 Å². The molecule has 0 aliphatic rings. The quantitative estimate of drug-likeness (QED) is 0.312. The molecule has 0 aromatic heterocycles. The Morgan fingerprint density at radius 1 is 1.21 bits per heavy atom. The number of carbonyl (C=O) groups is 2. The van der Waals surface area contributed by atoms with E-state index in [1.54, 1.807) is 20.8 Å². The van der Waals surface area contributed by atoms with Gasteiger partial charge in [-0.1, -0.05) is 13.8 Å². The molecule has 0 aliphatic carbocycles. The minimum absolute atomic E-state index is 0.0340. The number of rotatable bonds is 10. The molecular formula is C15H30N2O7. The van der Waals surface area contributed by atoms with Crippen molar-refractivity contribution in [2.75, 3.05) is 13.2 Å². The fourth-order valence-electron chi connectivity index (χ4n) is 1.84. The van der Waals surface area contributed by atoms with Gasteiger partial charge < -0.3 is 14.8 Å². The van der Waals surface area contributed by atoms with Crippen molar-refractivity contribution in [3.05, 3.63) is 0 Å². The normalized spacial score (nSPS) is 13.0. The Labute approximate surface area is 142 Å². The third-order valence-electron chi connectivity index (χ3n) is 2.65. The monoisotopic (exact) mass is 350 g/mol. The van der Waals surface area contributed by atoms with Crippen molar-refractivity contribution < 1.29 is 34.3 Å². The van der Waals surface area contributed by atoms with Crippen LogP contribution in [0.3, 0.4) is 0 Å². The largest absolute Gasteiger partial charge is 0.463 e. The predicted molar refractivity (Wildman–Crippen MR) is 84.2 cm³/mol. The summed E-state index contributed by atoms with van der Waals surface area (Å²) in [6, 6.07) is -0.342. The van der Waals surface area contributed by atoms with Crippen molar-refractivity contribution in [2.24, 2.45) is 5.92 Å². The molecule has 24 heavy (non-hydrogen) atoms. The molecule has 0 saturated carbocycles. The van der Waals surface area contributed by atoms with Gasteiger partial charge in [-0.05, 0) is 39.5 Å². The van der Waals surface area contributed by atoms with Gasteiger partial charge >= 0.3 is 12.1 Å². The Hall–Kier alpha value is -1.42. The van der Waals surface area contributed by atoms with E-state index in [2.05, 4.69) is 10.2 Å². The minimum atomic E-state index is -0.601. The van der Waals surface area contributed by atoms with Crippen LogP contribution in [-0.2, 0) is 19.1 Å². The van der Waals surface area contributed by atoms with Crippen molar-refractivity contribution in [3.8, 4) is 0 Å². The first-order valence-corrected chi connectivity index (χ1v) is 7.95. The minimum Gasteiger partial charge on any atom is -0.463 e. The van der Waals surface area contributed by atoms with E-state index in [0.717, 1.165) is 0 Å². The molecule has 142 valence electrons. The van der Waals surface area contributed by atoms with Gasteiger partial charge in [-0.25, -0.2) is 4.79 Å². The molecule has 0 spiro atoms. The number of alkyl carbamates (subject to hydrolysis) is 1. The highest BCUT2D eigenvalue weighted by atomic mass is 17.1. The van der Waals surface area contributed by atoms with Crippen LogP contribution in [0.5, 0.6) is 0 Å². The summed E-state index contributed by atoms with van der Waals surface area (Å²) in [4.78, 5) is 27.8. The van der Waals surface area contributed by atoms with Crippen LogP contribution in [0.4, 0.5) is 4.79 Å². The van der Waals surface area contributed by atoms with Crippen LogP contribution in [0.1, 0.15) is 53.9 Å². The van der Waals surface area contributed by atoms with Crippen molar-refractivity contribution in [3.63, 3.8) is 0 Å². The van der Waals surface area contributed by atoms with Crippen LogP contribution in [0, 0.1) is 5.92 Å². The lowest BCUT2D eigenvalue weighted by Crippen LogP contribution is -2.42.